The van der Waals surface area contributed by atoms with Crippen molar-refractivity contribution >= 4 is 6.03 Å². The minimum Gasteiger partial charge on any atom is -0.395 e. The molecule has 1 aromatic carbocycles. The molecule has 2 rings (SSSR count). The van der Waals surface area contributed by atoms with Crippen LogP contribution in [0.25, 0.3) is 5.69 Å². The number of urea groups is 1. The number of imidazole rings is 1. The lowest BCUT2D eigenvalue weighted by Gasteiger charge is -2.40. The van der Waals surface area contributed by atoms with E-state index in [1.54, 1.807) is 18.2 Å². The number of aryl methyl sites for hydroxylation is 1. The number of methoxy groups -OCH3 is 1. The third kappa shape index (κ3) is 6.78. The third-order valence-corrected chi connectivity index (χ3v) is 5.18. The van der Waals surface area contributed by atoms with Crippen molar-refractivity contribution < 1.29 is 14.6 Å². The summed E-state index contributed by atoms with van der Waals surface area (Å²) in [6.07, 6.45) is 4.15. The Morgan fingerprint density at radius 2 is 2.00 bits per heavy atom. The maximum absolute atomic E-state index is 13.2. The lowest BCUT2D eigenvalue weighted by atomic mass is 9.84. The second-order valence-electron chi connectivity index (χ2n) is 8.91. The molecule has 31 heavy (non-hydrogen) atoms. The summed E-state index contributed by atoms with van der Waals surface area (Å²) < 4.78 is 7.10. The minimum absolute atomic E-state index is 0.128. The predicted octanol–water partition coefficient (Wildman–Crippen LogP) is 2.64. The normalized spacial score (nSPS) is 13.6. The molecule has 0 bridgehead atoms. The number of ether oxygens (including phenoxy) is 1. The van der Waals surface area contributed by atoms with E-state index in [2.05, 4.69) is 43.2 Å². The highest BCUT2D eigenvalue weighted by molar-refractivity contribution is 5.74. The average Bonchev–Trinajstić information content (AvgIpc) is 3.19. The van der Waals surface area contributed by atoms with Crippen LogP contribution in [0, 0.1) is 12.3 Å². The van der Waals surface area contributed by atoms with Gasteiger partial charge in [-0.05, 0) is 30.9 Å². The van der Waals surface area contributed by atoms with Crippen LogP contribution in [0.3, 0.4) is 0 Å². The van der Waals surface area contributed by atoms with Gasteiger partial charge in [-0.15, -0.1) is 0 Å². The standard InChI is InChI=1S/C23H37N5O3/c1-17-6-8-19(9-7-17)27-14-11-25-21(27)20(23(2,3)4)28(13-10-18(24)16-29)22(30)26-12-15-31-5/h6-9,11,14,18,20,29H,10,12-13,15-16,24H2,1-5H3,(H,26,30). The van der Waals surface area contributed by atoms with Gasteiger partial charge in [0, 0.05) is 44.3 Å². The summed E-state index contributed by atoms with van der Waals surface area (Å²) in [6.45, 7) is 9.41. The number of benzene rings is 1. The molecule has 2 aromatic rings. The van der Waals surface area contributed by atoms with E-state index in [4.69, 9.17) is 10.5 Å². The van der Waals surface area contributed by atoms with E-state index in [9.17, 15) is 9.90 Å². The monoisotopic (exact) mass is 431 g/mol. The van der Waals surface area contributed by atoms with Gasteiger partial charge in [0.2, 0.25) is 0 Å². The molecule has 8 nitrogen and oxygen atoms in total. The first-order chi connectivity index (χ1) is 14.7. The van der Waals surface area contributed by atoms with Crippen LogP contribution < -0.4 is 11.1 Å². The number of carbonyl (C=O) groups excluding carboxylic acids is 1. The van der Waals surface area contributed by atoms with Gasteiger partial charge in [0.15, 0.2) is 0 Å². The summed E-state index contributed by atoms with van der Waals surface area (Å²) in [4.78, 5) is 19.7. The molecule has 0 aliphatic rings. The number of hydrogen-bond acceptors (Lipinski definition) is 5. The first-order valence-electron chi connectivity index (χ1n) is 10.7. The van der Waals surface area contributed by atoms with Crippen molar-refractivity contribution in [3.05, 3.63) is 48.0 Å². The Labute approximate surface area is 185 Å². The van der Waals surface area contributed by atoms with Gasteiger partial charge in [-0.1, -0.05) is 38.5 Å². The van der Waals surface area contributed by atoms with E-state index in [-0.39, 0.29) is 24.1 Å². The smallest absolute Gasteiger partial charge is 0.318 e. The maximum Gasteiger partial charge on any atom is 0.318 e. The predicted molar refractivity (Wildman–Crippen MR) is 122 cm³/mol. The molecule has 2 atom stereocenters. The summed E-state index contributed by atoms with van der Waals surface area (Å²) >= 11 is 0. The zero-order chi connectivity index (χ0) is 23.0. The number of aliphatic hydroxyl groups is 1. The summed E-state index contributed by atoms with van der Waals surface area (Å²) in [7, 11) is 1.60. The quantitative estimate of drug-likeness (QED) is 0.502. The molecule has 0 fully saturated rings. The summed E-state index contributed by atoms with van der Waals surface area (Å²) in [5, 5.41) is 12.3. The molecule has 0 aliphatic carbocycles. The third-order valence-electron chi connectivity index (χ3n) is 5.18. The van der Waals surface area contributed by atoms with E-state index in [0.717, 1.165) is 11.5 Å². The molecular formula is C23H37N5O3. The van der Waals surface area contributed by atoms with Gasteiger partial charge in [-0.2, -0.15) is 0 Å². The summed E-state index contributed by atoms with van der Waals surface area (Å²) in [6, 6.07) is 7.28. The Bertz CT molecular complexity index is 813. The number of aliphatic hydroxyl groups excluding tert-OH is 1. The van der Waals surface area contributed by atoms with E-state index >= 15 is 0 Å². The van der Waals surface area contributed by atoms with Crippen molar-refractivity contribution in [3.8, 4) is 5.69 Å². The van der Waals surface area contributed by atoms with Crippen LogP contribution in [0.5, 0.6) is 0 Å². The minimum atomic E-state index is -0.397. The van der Waals surface area contributed by atoms with E-state index in [1.807, 2.05) is 29.8 Å². The molecule has 0 saturated carbocycles. The Hall–Kier alpha value is -2.42. The van der Waals surface area contributed by atoms with Crippen LogP contribution in [0.2, 0.25) is 0 Å². The second kappa shape index (κ2) is 11.3. The Morgan fingerprint density at radius 3 is 2.58 bits per heavy atom. The largest absolute Gasteiger partial charge is 0.395 e. The molecule has 172 valence electrons. The lowest BCUT2D eigenvalue weighted by molar-refractivity contribution is 0.103. The molecule has 0 spiro atoms. The van der Waals surface area contributed by atoms with Crippen molar-refractivity contribution in [1.82, 2.24) is 19.8 Å². The Kier molecular flexibility index (Phi) is 9.03. The Morgan fingerprint density at radius 1 is 1.32 bits per heavy atom. The zero-order valence-corrected chi connectivity index (χ0v) is 19.3. The molecular weight excluding hydrogens is 394 g/mol. The van der Waals surface area contributed by atoms with E-state index in [1.165, 1.54) is 5.56 Å². The fourth-order valence-electron chi connectivity index (χ4n) is 3.54. The van der Waals surface area contributed by atoms with Crippen molar-refractivity contribution in [1.29, 1.82) is 0 Å². The van der Waals surface area contributed by atoms with Gasteiger partial charge in [0.1, 0.15) is 5.82 Å². The number of carbonyl (C=O) groups is 1. The van der Waals surface area contributed by atoms with Gasteiger partial charge >= 0.3 is 6.03 Å². The fourth-order valence-corrected chi connectivity index (χ4v) is 3.54. The Balaban J connectivity index is 2.46. The van der Waals surface area contributed by atoms with E-state index in [0.29, 0.717) is 26.1 Å². The highest BCUT2D eigenvalue weighted by atomic mass is 16.5. The first-order valence-corrected chi connectivity index (χ1v) is 10.7. The topological polar surface area (TPSA) is 106 Å². The lowest BCUT2D eigenvalue weighted by Crippen LogP contribution is -2.49. The van der Waals surface area contributed by atoms with Crippen molar-refractivity contribution in [2.24, 2.45) is 11.1 Å². The van der Waals surface area contributed by atoms with Crippen LogP contribution in [0.15, 0.2) is 36.7 Å². The molecule has 8 heteroatoms. The summed E-state index contributed by atoms with van der Waals surface area (Å²) in [5.41, 5.74) is 7.81. The highest BCUT2D eigenvalue weighted by Gasteiger charge is 2.38. The number of nitrogens with two attached hydrogens (primary N) is 1. The zero-order valence-electron chi connectivity index (χ0n) is 19.3. The number of aromatic nitrogens is 2. The number of hydrogen-bond donors (Lipinski definition) is 3. The van der Waals surface area contributed by atoms with Gasteiger partial charge in [-0.3, -0.25) is 0 Å². The van der Waals surface area contributed by atoms with Crippen molar-refractivity contribution in [2.45, 2.75) is 46.2 Å². The van der Waals surface area contributed by atoms with Gasteiger partial charge in [0.25, 0.3) is 0 Å². The van der Waals surface area contributed by atoms with Crippen LogP contribution in [0.1, 0.15) is 44.6 Å². The second-order valence-corrected chi connectivity index (χ2v) is 8.91. The average molecular weight is 432 g/mol. The molecule has 2 unspecified atom stereocenters. The van der Waals surface area contributed by atoms with Gasteiger partial charge in [-0.25, -0.2) is 9.78 Å². The number of nitrogens with one attached hydrogen (secondary N) is 1. The molecule has 1 aromatic heterocycles. The molecule has 0 aliphatic heterocycles. The fraction of sp³-hybridized carbons (Fsp3) is 0.565. The highest BCUT2D eigenvalue weighted by Crippen LogP contribution is 2.38. The molecule has 0 saturated heterocycles. The van der Waals surface area contributed by atoms with Crippen molar-refractivity contribution in [3.63, 3.8) is 0 Å². The van der Waals surface area contributed by atoms with Crippen molar-refractivity contribution in [2.75, 3.05) is 33.4 Å². The maximum atomic E-state index is 13.2. The first kappa shape index (κ1) is 24.8. The van der Waals surface area contributed by atoms with Crippen LogP contribution in [0.4, 0.5) is 4.79 Å². The number of amides is 2. The van der Waals surface area contributed by atoms with Crippen LogP contribution >= 0.6 is 0 Å². The van der Waals surface area contributed by atoms with E-state index < -0.39 is 6.04 Å². The van der Waals surface area contributed by atoms with Crippen LogP contribution in [-0.2, 0) is 4.74 Å². The summed E-state index contributed by atoms with van der Waals surface area (Å²) in [5.74, 6) is 0.774. The number of rotatable bonds is 10. The molecule has 2 amide bonds. The number of nitrogens with zero attached hydrogens (tertiary/aromatic N) is 3. The van der Waals surface area contributed by atoms with Crippen LogP contribution in [-0.4, -0.2) is 65.0 Å². The molecule has 0 radical (unpaired) electrons. The molecule has 4 N–H and O–H groups in total. The molecule has 1 heterocycles. The SMILES string of the molecule is COCCNC(=O)N(CCC(N)CO)C(c1nccn1-c1ccc(C)cc1)C(C)(C)C. The van der Waals surface area contributed by atoms with Gasteiger partial charge < -0.3 is 30.4 Å². The van der Waals surface area contributed by atoms with Gasteiger partial charge in [0.05, 0.1) is 19.3 Å².